The molecule has 0 amide bonds. The second-order valence-corrected chi connectivity index (χ2v) is 11.9. The fraction of sp³-hybridized carbons (Fsp3) is 0. The first-order chi connectivity index (χ1) is 19.2. The van der Waals surface area contributed by atoms with Crippen LogP contribution in [0.15, 0.2) is 164 Å². The van der Waals surface area contributed by atoms with Crippen molar-refractivity contribution < 1.29 is 4.57 Å². The van der Waals surface area contributed by atoms with E-state index >= 15 is 0 Å². The van der Waals surface area contributed by atoms with E-state index in [1.807, 2.05) is 121 Å². The van der Waals surface area contributed by atoms with Crippen LogP contribution >= 0.6 is 7.14 Å². The molecule has 0 spiro atoms. The third kappa shape index (κ3) is 4.93. The number of aromatic nitrogens is 1. The van der Waals surface area contributed by atoms with Crippen LogP contribution in [0.2, 0.25) is 0 Å². The van der Waals surface area contributed by atoms with Crippen molar-refractivity contribution in [3.05, 3.63) is 164 Å². The van der Waals surface area contributed by atoms with Crippen molar-refractivity contribution in [1.29, 1.82) is 0 Å². The molecule has 6 aromatic rings. The van der Waals surface area contributed by atoms with Crippen LogP contribution in [0.1, 0.15) is 0 Å². The number of hydrogen-bond donors (Lipinski definition) is 0. The van der Waals surface area contributed by atoms with Crippen LogP contribution in [-0.2, 0) is 4.57 Å². The lowest BCUT2D eigenvalue weighted by molar-refractivity contribution is 0.592. The summed E-state index contributed by atoms with van der Waals surface area (Å²) in [6.45, 7) is 0. The Hall–Kier alpha value is -4.72. The SMILES string of the molecule is O=P(c1ccccc1)(c1ccccc1)c1cccc(-c2cccc(N(c3ccccc3)c3ccccc3)c2)n1. The normalized spacial score (nSPS) is 11.2. The number of rotatable bonds is 7. The molecule has 0 bridgehead atoms. The molecule has 0 aliphatic carbocycles. The van der Waals surface area contributed by atoms with E-state index in [1.54, 1.807) is 0 Å². The Kier molecular flexibility index (Phi) is 6.91. The Balaban J connectivity index is 1.47. The van der Waals surface area contributed by atoms with Gasteiger partial charge < -0.3 is 9.46 Å². The number of anilines is 3. The summed E-state index contributed by atoms with van der Waals surface area (Å²) in [4.78, 5) is 7.26. The Bertz CT molecular complexity index is 1640. The van der Waals surface area contributed by atoms with Gasteiger partial charge in [0, 0.05) is 33.2 Å². The van der Waals surface area contributed by atoms with Gasteiger partial charge in [0.25, 0.3) is 0 Å². The highest BCUT2D eigenvalue weighted by Crippen LogP contribution is 2.42. The molecule has 0 aliphatic rings. The number of benzene rings is 5. The van der Waals surface area contributed by atoms with Gasteiger partial charge in [-0.3, -0.25) is 0 Å². The molecule has 39 heavy (non-hydrogen) atoms. The van der Waals surface area contributed by atoms with E-state index < -0.39 is 7.14 Å². The lowest BCUT2D eigenvalue weighted by atomic mass is 10.1. The molecular formula is C35H27N2OP. The minimum absolute atomic E-state index is 0.575. The van der Waals surface area contributed by atoms with Crippen molar-refractivity contribution in [1.82, 2.24) is 4.98 Å². The molecule has 0 saturated heterocycles. The predicted octanol–water partition coefficient (Wildman–Crippen LogP) is 7.86. The van der Waals surface area contributed by atoms with E-state index in [9.17, 15) is 4.57 Å². The van der Waals surface area contributed by atoms with Crippen molar-refractivity contribution >= 4 is 40.2 Å². The number of para-hydroxylation sites is 2. The first-order valence-corrected chi connectivity index (χ1v) is 14.6. The van der Waals surface area contributed by atoms with E-state index in [1.165, 1.54) is 0 Å². The summed E-state index contributed by atoms with van der Waals surface area (Å²) in [6.07, 6.45) is 0. The van der Waals surface area contributed by atoms with Crippen LogP contribution in [0.25, 0.3) is 11.3 Å². The molecule has 6 rings (SSSR count). The third-order valence-electron chi connectivity index (χ3n) is 6.73. The molecule has 188 valence electrons. The maximum Gasteiger partial charge on any atom is 0.188 e. The molecule has 0 atom stereocenters. The van der Waals surface area contributed by atoms with Gasteiger partial charge in [0.05, 0.1) is 5.69 Å². The highest BCUT2D eigenvalue weighted by atomic mass is 31.2. The number of nitrogens with zero attached hydrogens (tertiary/aromatic N) is 2. The van der Waals surface area contributed by atoms with Gasteiger partial charge >= 0.3 is 0 Å². The van der Waals surface area contributed by atoms with Crippen molar-refractivity contribution in [2.24, 2.45) is 0 Å². The van der Waals surface area contributed by atoms with Crippen molar-refractivity contribution in [2.75, 3.05) is 4.90 Å². The Labute approximate surface area is 229 Å². The maximum absolute atomic E-state index is 14.9. The summed E-state index contributed by atoms with van der Waals surface area (Å²) in [6, 6.07) is 54.2. The van der Waals surface area contributed by atoms with E-state index in [-0.39, 0.29) is 0 Å². The maximum atomic E-state index is 14.9. The van der Waals surface area contributed by atoms with Crippen LogP contribution in [0.5, 0.6) is 0 Å². The largest absolute Gasteiger partial charge is 0.310 e. The second-order valence-electron chi connectivity index (χ2n) is 9.22. The van der Waals surface area contributed by atoms with Gasteiger partial charge in [-0.05, 0) is 48.5 Å². The third-order valence-corrected chi connectivity index (χ3v) is 9.67. The first kappa shape index (κ1) is 24.6. The Morgan fingerprint density at radius 3 is 1.46 bits per heavy atom. The summed E-state index contributed by atoms with van der Waals surface area (Å²) in [7, 11) is -3.17. The van der Waals surface area contributed by atoms with Gasteiger partial charge in [-0.2, -0.15) is 0 Å². The molecule has 5 aromatic carbocycles. The highest BCUT2D eigenvalue weighted by Gasteiger charge is 2.31. The van der Waals surface area contributed by atoms with Crippen LogP contribution in [0.3, 0.4) is 0 Å². The average molecular weight is 523 g/mol. The minimum atomic E-state index is -3.17. The molecule has 0 aliphatic heterocycles. The van der Waals surface area contributed by atoms with Crippen LogP contribution in [0.4, 0.5) is 17.1 Å². The van der Waals surface area contributed by atoms with Gasteiger partial charge in [-0.1, -0.05) is 115 Å². The van der Waals surface area contributed by atoms with Crippen molar-refractivity contribution in [3.8, 4) is 11.3 Å². The highest BCUT2D eigenvalue weighted by molar-refractivity contribution is 7.85. The zero-order chi connectivity index (χ0) is 26.5. The molecule has 1 aromatic heterocycles. The van der Waals surface area contributed by atoms with E-state index in [0.29, 0.717) is 5.44 Å². The Morgan fingerprint density at radius 1 is 0.462 bits per heavy atom. The fourth-order valence-corrected chi connectivity index (χ4v) is 7.41. The molecular weight excluding hydrogens is 495 g/mol. The van der Waals surface area contributed by atoms with Crippen LogP contribution in [-0.4, -0.2) is 4.98 Å². The van der Waals surface area contributed by atoms with Gasteiger partial charge in [-0.25, -0.2) is 4.98 Å². The zero-order valence-corrected chi connectivity index (χ0v) is 22.2. The average Bonchev–Trinajstić information content (AvgIpc) is 3.03. The lowest BCUT2D eigenvalue weighted by Gasteiger charge is -2.26. The van der Waals surface area contributed by atoms with Crippen molar-refractivity contribution in [2.45, 2.75) is 0 Å². The lowest BCUT2D eigenvalue weighted by Crippen LogP contribution is -2.27. The molecule has 0 N–H and O–H groups in total. The fourth-order valence-electron chi connectivity index (χ4n) is 4.85. The van der Waals surface area contributed by atoms with Gasteiger partial charge in [-0.15, -0.1) is 0 Å². The molecule has 0 radical (unpaired) electrons. The molecule has 4 heteroatoms. The predicted molar refractivity (Wildman–Crippen MR) is 164 cm³/mol. The quantitative estimate of drug-likeness (QED) is 0.200. The summed E-state index contributed by atoms with van der Waals surface area (Å²) in [5, 5.41) is 1.54. The van der Waals surface area contributed by atoms with E-state index in [4.69, 9.17) is 4.98 Å². The summed E-state index contributed by atoms with van der Waals surface area (Å²) in [5.74, 6) is 0. The molecule has 0 saturated carbocycles. The van der Waals surface area contributed by atoms with Crippen molar-refractivity contribution in [3.63, 3.8) is 0 Å². The number of hydrogen-bond acceptors (Lipinski definition) is 3. The summed E-state index contributed by atoms with van der Waals surface area (Å²) < 4.78 is 14.9. The van der Waals surface area contributed by atoms with Crippen LogP contribution < -0.4 is 20.9 Å². The monoisotopic (exact) mass is 522 g/mol. The summed E-state index contributed by atoms with van der Waals surface area (Å²) >= 11 is 0. The molecule has 3 nitrogen and oxygen atoms in total. The van der Waals surface area contributed by atoms with E-state index in [0.717, 1.165) is 38.9 Å². The van der Waals surface area contributed by atoms with E-state index in [2.05, 4.69) is 47.4 Å². The second kappa shape index (κ2) is 10.9. The topological polar surface area (TPSA) is 33.2 Å². The molecule has 0 unspecified atom stereocenters. The smallest absolute Gasteiger partial charge is 0.188 e. The zero-order valence-electron chi connectivity index (χ0n) is 21.3. The van der Waals surface area contributed by atoms with Gasteiger partial charge in [0.1, 0.15) is 5.44 Å². The van der Waals surface area contributed by atoms with Gasteiger partial charge in [0.2, 0.25) is 0 Å². The minimum Gasteiger partial charge on any atom is -0.310 e. The molecule has 0 fully saturated rings. The number of pyridine rings is 1. The molecule has 1 heterocycles. The summed E-state index contributed by atoms with van der Waals surface area (Å²) in [5.41, 5.74) is 5.47. The first-order valence-electron chi connectivity index (χ1n) is 12.9. The van der Waals surface area contributed by atoms with Gasteiger partial charge in [0.15, 0.2) is 7.14 Å². The van der Waals surface area contributed by atoms with Crippen LogP contribution in [0, 0.1) is 0 Å². The Morgan fingerprint density at radius 2 is 0.923 bits per heavy atom. The standard InChI is InChI=1S/C35H27N2OP/c38-39(32-21-9-3-10-22-32,33-23-11-4-12-24-33)35-26-14-25-34(36-35)28-15-13-20-31(27-28)37(29-16-5-1-6-17-29)30-18-7-2-8-19-30/h1-27H.